The Kier molecular flexibility index (Phi) is 8.19. The fourth-order valence-corrected chi connectivity index (χ4v) is 1.67. The first kappa shape index (κ1) is 22.2. The number of ether oxygens (including phenoxy) is 2. The minimum atomic E-state index is -0.961. The summed E-state index contributed by atoms with van der Waals surface area (Å²) in [5, 5.41) is 3.45. The van der Waals surface area contributed by atoms with Gasteiger partial charge in [0.25, 0.3) is 5.91 Å². The van der Waals surface area contributed by atoms with Gasteiger partial charge in [0.05, 0.1) is 7.11 Å². The number of rotatable bonds is 6. The van der Waals surface area contributed by atoms with Crippen LogP contribution >= 0.6 is 0 Å². The summed E-state index contributed by atoms with van der Waals surface area (Å²) >= 11 is 0. The lowest BCUT2D eigenvalue weighted by atomic mass is 10.1. The summed E-state index contributed by atoms with van der Waals surface area (Å²) in [4.78, 5) is 40.8. The topological polar surface area (TPSA) is 94.2 Å². The maximum Gasteiger partial charge on any atom is 0.408 e. The molecule has 0 aromatic heterocycles. The van der Waals surface area contributed by atoms with Gasteiger partial charge in [0, 0.05) is 13.5 Å². The molecule has 0 aliphatic carbocycles. The molecule has 8 nitrogen and oxygen atoms in total. The van der Waals surface area contributed by atoms with Gasteiger partial charge in [-0.25, -0.2) is 9.86 Å². The molecule has 0 heterocycles. The van der Waals surface area contributed by atoms with Gasteiger partial charge in [0.2, 0.25) is 0 Å². The van der Waals surface area contributed by atoms with Gasteiger partial charge in [-0.3, -0.25) is 14.4 Å². The Morgan fingerprint density at radius 3 is 1.92 bits per heavy atom. The Balaban J connectivity index is 4.86. The number of nitrogens with one attached hydrogen (secondary N) is 1. The highest BCUT2D eigenvalue weighted by Crippen LogP contribution is 2.12. The van der Waals surface area contributed by atoms with Crippen LogP contribution in [-0.2, 0) is 23.9 Å². The summed E-state index contributed by atoms with van der Waals surface area (Å²) in [5.41, 5.74) is -1.31. The van der Waals surface area contributed by atoms with Crippen molar-refractivity contribution in [2.75, 3.05) is 14.2 Å². The van der Waals surface area contributed by atoms with Crippen molar-refractivity contribution in [2.24, 2.45) is 0 Å². The predicted octanol–water partition coefficient (Wildman–Crippen LogP) is 2.02. The normalized spacial score (nSPS) is 13.0. The zero-order valence-electron chi connectivity index (χ0n) is 15.9. The number of nitrogens with zero attached hydrogens (tertiary/aromatic N) is 1. The number of esters is 1. The zero-order chi connectivity index (χ0) is 19.1. The van der Waals surface area contributed by atoms with Gasteiger partial charge < -0.3 is 14.8 Å². The number of hydroxylamine groups is 2. The molecule has 0 fully saturated rings. The molecule has 0 radical (unpaired) electrons. The maximum absolute atomic E-state index is 12.3. The fraction of sp³-hybridized carbons (Fsp3) is 0.812. The molecule has 0 aromatic rings. The second-order valence-electron chi connectivity index (χ2n) is 7.34. The number of hydrogen-bond acceptors (Lipinski definition) is 6. The number of amides is 2. The van der Waals surface area contributed by atoms with E-state index in [1.54, 1.807) is 41.5 Å². The van der Waals surface area contributed by atoms with E-state index in [4.69, 9.17) is 14.3 Å². The highest BCUT2D eigenvalue weighted by Gasteiger charge is 2.28. The first-order chi connectivity index (χ1) is 10.7. The third kappa shape index (κ3) is 10.0. The maximum atomic E-state index is 12.3. The summed E-state index contributed by atoms with van der Waals surface area (Å²) in [6, 6.07) is -0.961. The highest BCUT2D eigenvalue weighted by atomic mass is 16.7. The van der Waals surface area contributed by atoms with Crippen LogP contribution in [0.3, 0.4) is 0 Å². The summed E-state index contributed by atoms with van der Waals surface area (Å²) in [6.07, 6.45) is -0.698. The molecular weight excluding hydrogens is 316 g/mol. The Morgan fingerprint density at radius 2 is 1.50 bits per heavy atom. The van der Waals surface area contributed by atoms with E-state index in [0.717, 1.165) is 5.06 Å². The standard InChI is InChI=1S/C16H30N2O6/c1-15(2,3)23-12(19)10-9-11(13(20)18(7)22-8)17-14(21)24-16(4,5)6/h11H,9-10H2,1-8H3,(H,17,21). The van der Waals surface area contributed by atoms with Crippen LogP contribution in [0, 0.1) is 0 Å². The molecular formula is C16H30N2O6. The molecule has 1 unspecified atom stereocenters. The third-order valence-electron chi connectivity index (χ3n) is 2.63. The summed E-state index contributed by atoms with van der Waals surface area (Å²) < 4.78 is 10.3. The lowest BCUT2D eigenvalue weighted by Crippen LogP contribution is -2.48. The van der Waals surface area contributed by atoms with Gasteiger partial charge in [-0.05, 0) is 48.0 Å². The molecule has 0 aliphatic rings. The van der Waals surface area contributed by atoms with Gasteiger partial charge in [-0.1, -0.05) is 0 Å². The second kappa shape index (κ2) is 8.86. The van der Waals surface area contributed by atoms with Gasteiger partial charge in [-0.2, -0.15) is 0 Å². The molecule has 140 valence electrons. The second-order valence-corrected chi connectivity index (χ2v) is 7.34. The van der Waals surface area contributed by atoms with Crippen molar-refractivity contribution < 1.29 is 28.7 Å². The number of likely N-dealkylation sites (N-methyl/N-ethyl adjacent to an activating group) is 1. The Morgan fingerprint density at radius 1 is 1.00 bits per heavy atom. The van der Waals surface area contributed by atoms with Crippen LogP contribution in [0.15, 0.2) is 0 Å². The van der Waals surface area contributed by atoms with Crippen LogP contribution in [0.25, 0.3) is 0 Å². The third-order valence-corrected chi connectivity index (χ3v) is 2.63. The largest absolute Gasteiger partial charge is 0.460 e. The van der Waals surface area contributed by atoms with Gasteiger partial charge in [-0.15, -0.1) is 0 Å². The monoisotopic (exact) mass is 346 g/mol. The predicted molar refractivity (Wildman–Crippen MR) is 88.0 cm³/mol. The molecule has 0 aliphatic heterocycles. The van der Waals surface area contributed by atoms with E-state index in [9.17, 15) is 14.4 Å². The lowest BCUT2D eigenvalue weighted by Gasteiger charge is -2.25. The zero-order valence-corrected chi connectivity index (χ0v) is 15.9. The van der Waals surface area contributed by atoms with Crippen molar-refractivity contribution in [1.82, 2.24) is 10.4 Å². The van der Waals surface area contributed by atoms with Gasteiger partial charge in [0.15, 0.2) is 0 Å². The van der Waals surface area contributed by atoms with E-state index in [2.05, 4.69) is 5.32 Å². The molecule has 0 aromatic carbocycles. The molecule has 0 saturated carbocycles. The van der Waals surface area contributed by atoms with E-state index >= 15 is 0 Å². The molecule has 2 amide bonds. The van der Waals surface area contributed by atoms with Crippen molar-refractivity contribution in [3.05, 3.63) is 0 Å². The highest BCUT2D eigenvalue weighted by molar-refractivity contribution is 5.85. The van der Waals surface area contributed by atoms with Crippen molar-refractivity contribution >= 4 is 18.0 Å². The van der Waals surface area contributed by atoms with E-state index in [1.165, 1.54) is 14.2 Å². The molecule has 0 rings (SSSR count). The quantitative estimate of drug-likeness (QED) is 0.584. The number of alkyl carbamates (subject to hydrolysis) is 1. The smallest absolute Gasteiger partial charge is 0.408 e. The number of carbonyl (C=O) groups excluding carboxylic acids is 3. The molecule has 24 heavy (non-hydrogen) atoms. The Labute approximate surface area is 143 Å². The van der Waals surface area contributed by atoms with Crippen molar-refractivity contribution in [3.8, 4) is 0 Å². The Hall–Kier alpha value is -1.83. The van der Waals surface area contributed by atoms with E-state index in [-0.39, 0.29) is 12.8 Å². The van der Waals surface area contributed by atoms with Crippen molar-refractivity contribution in [2.45, 2.75) is 71.6 Å². The molecule has 1 atom stereocenters. The van der Waals surface area contributed by atoms with Gasteiger partial charge in [0.1, 0.15) is 17.2 Å². The van der Waals surface area contributed by atoms with Crippen molar-refractivity contribution in [3.63, 3.8) is 0 Å². The SMILES string of the molecule is CON(C)C(=O)C(CCC(=O)OC(C)(C)C)NC(=O)OC(C)(C)C. The minimum absolute atomic E-state index is 0.0268. The Bertz CT molecular complexity index is 450. The average Bonchev–Trinajstić information content (AvgIpc) is 2.37. The van der Waals surface area contributed by atoms with Crippen LogP contribution in [0.2, 0.25) is 0 Å². The number of carbonyl (C=O) groups is 3. The molecule has 0 bridgehead atoms. The van der Waals surface area contributed by atoms with Gasteiger partial charge >= 0.3 is 12.1 Å². The van der Waals surface area contributed by atoms with Crippen molar-refractivity contribution in [1.29, 1.82) is 0 Å². The van der Waals surface area contributed by atoms with Crippen LogP contribution in [-0.4, -0.2) is 54.4 Å². The van der Waals surface area contributed by atoms with E-state index in [1.807, 2.05) is 0 Å². The van der Waals surface area contributed by atoms with Crippen LogP contribution < -0.4 is 5.32 Å². The van der Waals surface area contributed by atoms with Crippen LogP contribution in [0.5, 0.6) is 0 Å². The first-order valence-corrected chi connectivity index (χ1v) is 7.78. The van der Waals surface area contributed by atoms with Crippen LogP contribution in [0.1, 0.15) is 54.4 Å². The lowest BCUT2D eigenvalue weighted by molar-refractivity contribution is -0.171. The summed E-state index contributed by atoms with van der Waals surface area (Å²) in [7, 11) is 2.75. The van der Waals surface area contributed by atoms with E-state index in [0.29, 0.717) is 0 Å². The fourth-order valence-electron chi connectivity index (χ4n) is 1.67. The molecule has 0 saturated heterocycles. The summed E-state index contributed by atoms with van der Waals surface area (Å²) in [5.74, 6) is -0.946. The number of hydrogen-bond donors (Lipinski definition) is 1. The summed E-state index contributed by atoms with van der Waals surface area (Å²) in [6.45, 7) is 10.4. The van der Waals surface area contributed by atoms with E-state index < -0.39 is 35.2 Å². The minimum Gasteiger partial charge on any atom is -0.460 e. The molecule has 8 heteroatoms. The average molecular weight is 346 g/mol. The first-order valence-electron chi connectivity index (χ1n) is 7.78. The van der Waals surface area contributed by atoms with Crippen LogP contribution in [0.4, 0.5) is 4.79 Å². The molecule has 1 N–H and O–H groups in total. The molecule has 0 spiro atoms.